The predicted octanol–water partition coefficient (Wildman–Crippen LogP) is 2.52. The van der Waals surface area contributed by atoms with Crippen LogP contribution in [0.5, 0.6) is 5.75 Å². The van der Waals surface area contributed by atoms with Gasteiger partial charge in [-0.3, -0.25) is 4.79 Å². The van der Waals surface area contributed by atoms with Gasteiger partial charge in [-0.15, -0.1) is 0 Å². The highest BCUT2D eigenvalue weighted by Crippen LogP contribution is 2.19. The van der Waals surface area contributed by atoms with Gasteiger partial charge in [0.2, 0.25) is 0 Å². The lowest BCUT2D eigenvalue weighted by Crippen LogP contribution is -2.43. The smallest absolute Gasteiger partial charge is 0.328 e. The number of esters is 1. The van der Waals surface area contributed by atoms with E-state index in [2.05, 4.69) is 5.32 Å². The first-order valence-corrected chi connectivity index (χ1v) is 7.62. The van der Waals surface area contributed by atoms with Crippen molar-refractivity contribution in [3.63, 3.8) is 0 Å². The van der Waals surface area contributed by atoms with E-state index in [1.165, 1.54) is 7.11 Å². The summed E-state index contributed by atoms with van der Waals surface area (Å²) in [6.07, 6.45) is 0.328. The van der Waals surface area contributed by atoms with E-state index in [1.54, 1.807) is 31.4 Å². The minimum absolute atomic E-state index is 0.313. The van der Waals surface area contributed by atoms with E-state index < -0.39 is 12.0 Å². The SMILES string of the molecule is COC(=O)[C@H](Cc1cc(OC)ccc1C)NC(=O)c1ccccc1. The van der Waals surface area contributed by atoms with Crippen LogP contribution in [0.25, 0.3) is 0 Å². The summed E-state index contributed by atoms with van der Waals surface area (Å²) in [6, 6.07) is 13.6. The number of hydrogen-bond donors (Lipinski definition) is 1. The largest absolute Gasteiger partial charge is 0.497 e. The number of amides is 1. The first-order valence-electron chi connectivity index (χ1n) is 7.62. The summed E-state index contributed by atoms with van der Waals surface area (Å²) in [4.78, 5) is 24.4. The number of carbonyl (C=O) groups excluding carboxylic acids is 2. The van der Waals surface area contributed by atoms with E-state index in [-0.39, 0.29) is 5.91 Å². The van der Waals surface area contributed by atoms with Crippen LogP contribution in [0, 0.1) is 6.92 Å². The molecular weight excluding hydrogens is 306 g/mol. The van der Waals surface area contributed by atoms with Crippen LogP contribution in [0.4, 0.5) is 0 Å². The molecule has 1 amide bonds. The summed E-state index contributed by atoms with van der Waals surface area (Å²) in [5.74, 6) is -0.0957. The fourth-order valence-electron chi connectivity index (χ4n) is 2.38. The highest BCUT2D eigenvalue weighted by atomic mass is 16.5. The van der Waals surface area contributed by atoms with Crippen LogP contribution < -0.4 is 10.1 Å². The number of methoxy groups -OCH3 is 2. The molecule has 0 saturated carbocycles. The van der Waals surface area contributed by atoms with Gasteiger partial charge in [-0.25, -0.2) is 4.79 Å². The van der Waals surface area contributed by atoms with Crippen molar-refractivity contribution in [2.24, 2.45) is 0 Å². The normalized spacial score (nSPS) is 11.5. The molecule has 2 aromatic carbocycles. The van der Waals surface area contributed by atoms with Gasteiger partial charge in [-0.05, 0) is 42.3 Å². The number of carbonyl (C=O) groups is 2. The molecule has 126 valence electrons. The van der Waals surface area contributed by atoms with Crippen molar-refractivity contribution in [3.8, 4) is 5.75 Å². The second-order valence-corrected chi connectivity index (χ2v) is 5.41. The van der Waals surface area contributed by atoms with E-state index in [1.807, 2.05) is 31.2 Å². The van der Waals surface area contributed by atoms with Crippen LogP contribution in [0.1, 0.15) is 21.5 Å². The average molecular weight is 327 g/mol. The third kappa shape index (κ3) is 4.35. The van der Waals surface area contributed by atoms with Crippen molar-refractivity contribution in [2.45, 2.75) is 19.4 Å². The van der Waals surface area contributed by atoms with Gasteiger partial charge in [0, 0.05) is 12.0 Å². The Morgan fingerprint density at radius 2 is 1.79 bits per heavy atom. The molecule has 5 nitrogen and oxygen atoms in total. The molecule has 0 aromatic heterocycles. The summed E-state index contributed by atoms with van der Waals surface area (Å²) >= 11 is 0. The Labute approximate surface area is 141 Å². The van der Waals surface area contributed by atoms with Gasteiger partial charge in [-0.1, -0.05) is 24.3 Å². The van der Waals surface area contributed by atoms with Crippen molar-refractivity contribution < 1.29 is 19.1 Å². The zero-order chi connectivity index (χ0) is 17.5. The molecule has 0 aliphatic heterocycles. The molecule has 1 N–H and O–H groups in total. The topological polar surface area (TPSA) is 64.6 Å². The summed E-state index contributed by atoms with van der Waals surface area (Å²) in [5.41, 5.74) is 2.42. The first kappa shape index (κ1) is 17.5. The minimum atomic E-state index is -0.770. The second kappa shape index (κ2) is 8.15. The molecule has 0 radical (unpaired) electrons. The van der Waals surface area contributed by atoms with Crippen LogP contribution in [0.3, 0.4) is 0 Å². The Morgan fingerprint density at radius 3 is 2.42 bits per heavy atom. The zero-order valence-corrected chi connectivity index (χ0v) is 14.0. The van der Waals surface area contributed by atoms with Crippen LogP contribution in [-0.2, 0) is 16.0 Å². The van der Waals surface area contributed by atoms with Crippen LogP contribution in [-0.4, -0.2) is 32.1 Å². The van der Waals surface area contributed by atoms with E-state index in [0.29, 0.717) is 17.7 Å². The van der Waals surface area contributed by atoms with E-state index in [9.17, 15) is 9.59 Å². The highest BCUT2D eigenvalue weighted by Gasteiger charge is 2.23. The molecule has 0 aliphatic carbocycles. The number of benzene rings is 2. The van der Waals surface area contributed by atoms with E-state index >= 15 is 0 Å². The van der Waals surface area contributed by atoms with Crippen molar-refractivity contribution in [1.82, 2.24) is 5.32 Å². The van der Waals surface area contributed by atoms with Gasteiger partial charge in [0.15, 0.2) is 0 Å². The van der Waals surface area contributed by atoms with E-state index in [0.717, 1.165) is 11.1 Å². The quantitative estimate of drug-likeness (QED) is 0.828. The summed E-state index contributed by atoms with van der Waals surface area (Å²) < 4.78 is 10.1. The lowest BCUT2D eigenvalue weighted by atomic mass is 10.0. The minimum Gasteiger partial charge on any atom is -0.497 e. The fourth-order valence-corrected chi connectivity index (χ4v) is 2.38. The number of nitrogens with one attached hydrogen (secondary N) is 1. The molecule has 0 spiro atoms. The number of aryl methyl sites for hydroxylation is 1. The van der Waals surface area contributed by atoms with Gasteiger partial charge in [0.25, 0.3) is 5.91 Å². The molecular formula is C19H21NO4. The van der Waals surface area contributed by atoms with Crippen LogP contribution in [0.2, 0.25) is 0 Å². The first-order chi connectivity index (χ1) is 11.5. The maximum Gasteiger partial charge on any atom is 0.328 e. The maximum absolute atomic E-state index is 12.3. The lowest BCUT2D eigenvalue weighted by Gasteiger charge is -2.18. The van der Waals surface area contributed by atoms with Crippen molar-refractivity contribution in [2.75, 3.05) is 14.2 Å². The van der Waals surface area contributed by atoms with Gasteiger partial charge in [0.1, 0.15) is 11.8 Å². The van der Waals surface area contributed by atoms with Gasteiger partial charge < -0.3 is 14.8 Å². The summed E-state index contributed by atoms with van der Waals surface area (Å²) in [7, 11) is 2.89. The molecule has 0 bridgehead atoms. The maximum atomic E-state index is 12.3. The van der Waals surface area contributed by atoms with Crippen molar-refractivity contribution in [3.05, 3.63) is 65.2 Å². The molecule has 0 unspecified atom stereocenters. The average Bonchev–Trinajstić information content (AvgIpc) is 2.62. The Morgan fingerprint density at radius 1 is 1.08 bits per heavy atom. The molecule has 2 aromatic rings. The zero-order valence-electron chi connectivity index (χ0n) is 14.0. The molecule has 0 heterocycles. The van der Waals surface area contributed by atoms with Crippen LogP contribution >= 0.6 is 0 Å². The van der Waals surface area contributed by atoms with E-state index in [4.69, 9.17) is 9.47 Å². The molecule has 0 fully saturated rings. The second-order valence-electron chi connectivity index (χ2n) is 5.41. The monoisotopic (exact) mass is 327 g/mol. The Balaban J connectivity index is 2.20. The van der Waals surface area contributed by atoms with Gasteiger partial charge >= 0.3 is 5.97 Å². The van der Waals surface area contributed by atoms with Crippen LogP contribution in [0.15, 0.2) is 48.5 Å². The summed E-state index contributed by atoms with van der Waals surface area (Å²) in [6.45, 7) is 1.95. The number of rotatable bonds is 6. The standard InChI is InChI=1S/C19H21NO4/c1-13-9-10-16(23-2)11-15(13)12-17(19(22)24-3)20-18(21)14-7-5-4-6-8-14/h4-11,17H,12H2,1-3H3,(H,20,21)/t17-/m0/s1. The number of hydrogen-bond acceptors (Lipinski definition) is 4. The fraction of sp³-hybridized carbons (Fsp3) is 0.263. The molecule has 2 rings (SSSR count). The lowest BCUT2D eigenvalue weighted by molar-refractivity contribution is -0.142. The predicted molar refractivity (Wildman–Crippen MR) is 91.1 cm³/mol. The van der Waals surface area contributed by atoms with Gasteiger partial charge in [0.05, 0.1) is 14.2 Å². The third-order valence-electron chi connectivity index (χ3n) is 3.81. The highest BCUT2D eigenvalue weighted by molar-refractivity contribution is 5.96. The number of ether oxygens (including phenoxy) is 2. The van der Waals surface area contributed by atoms with Crippen molar-refractivity contribution >= 4 is 11.9 Å². The summed E-state index contributed by atoms with van der Waals surface area (Å²) in [5, 5.41) is 2.74. The molecule has 0 aliphatic rings. The Bertz CT molecular complexity index is 713. The Hall–Kier alpha value is -2.82. The third-order valence-corrected chi connectivity index (χ3v) is 3.81. The van der Waals surface area contributed by atoms with Gasteiger partial charge in [-0.2, -0.15) is 0 Å². The Kier molecular flexibility index (Phi) is 5.95. The molecule has 0 saturated heterocycles. The van der Waals surface area contributed by atoms with Crippen molar-refractivity contribution in [1.29, 1.82) is 0 Å². The molecule has 24 heavy (non-hydrogen) atoms. The molecule has 5 heteroatoms. The molecule has 1 atom stereocenters.